The van der Waals surface area contributed by atoms with E-state index in [0.717, 1.165) is 11.4 Å². The molecule has 2 heterocycles. The summed E-state index contributed by atoms with van der Waals surface area (Å²) in [6.45, 7) is 1.09. The Bertz CT molecular complexity index is 672. The number of H-pyrrole nitrogens is 1. The normalized spacial score (nSPS) is 13.1. The number of halogens is 1. The third-order valence-corrected chi connectivity index (χ3v) is 3.34. The van der Waals surface area contributed by atoms with Gasteiger partial charge in [0.05, 0.1) is 6.33 Å². The first kappa shape index (κ1) is 12.0. The van der Waals surface area contributed by atoms with Crippen LogP contribution in [0.3, 0.4) is 0 Å². The molecule has 1 aromatic heterocycles. The second-order valence-electron chi connectivity index (χ2n) is 3.88. The van der Waals surface area contributed by atoms with Crippen LogP contribution in [0.5, 0.6) is 11.5 Å². The van der Waals surface area contributed by atoms with Crippen LogP contribution in [0.2, 0.25) is 0 Å². The molecule has 6 nitrogen and oxygen atoms in total. The highest BCUT2D eigenvalue weighted by Gasteiger charge is 2.12. The summed E-state index contributed by atoms with van der Waals surface area (Å²) in [7, 11) is 0. The summed E-state index contributed by atoms with van der Waals surface area (Å²) in [5, 5.41) is 3.05. The molecule has 0 bridgehead atoms. The first-order chi connectivity index (χ1) is 9.24. The molecule has 0 aliphatic carbocycles. The highest BCUT2D eigenvalue weighted by molar-refractivity contribution is 9.10. The predicted octanol–water partition coefficient (Wildman–Crippen LogP) is 2.05. The number of nitrogens with zero attached hydrogens (tertiary/aromatic N) is 1. The van der Waals surface area contributed by atoms with Gasteiger partial charge in [-0.25, -0.2) is 4.98 Å². The molecule has 0 amide bonds. The molecule has 1 aromatic carbocycles. The van der Waals surface area contributed by atoms with E-state index < -0.39 is 0 Å². The summed E-state index contributed by atoms with van der Waals surface area (Å²) in [6, 6.07) is 5.46. The van der Waals surface area contributed by atoms with E-state index in [-0.39, 0.29) is 5.56 Å². The summed E-state index contributed by atoms with van der Waals surface area (Å²) >= 11 is 3.19. The fourth-order valence-corrected chi connectivity index (χ4v) is 2.04. The monoisotopic (exact) mass is 323 g/mol. The van der Waals surface area contributed by atoms with Crippen LogP contribution in [0.4, 0.5) is 11.5 Å². The molecule has 0 fully saturated rings. The predicted molar refractivity (Wildman–Crippen MR) is 73.3 cm³/mol. The van der Waals surface area contributed by atoms with E-state index >= 15 is 0 Å². The van der Waals surface area contributed by atoms with Crippen molar-refractivity contribution < 1.29 is 9.47 Å². The van der Waals surface area contributed by atoms with Crippen molar-refractivity contribution in [3.63, 3.8) is 0 Å². The quantitative estimate of drug-likeness (QED) is 0.884. The van der Waals surface area contributed by atoms with Gasteiger partial charge >= 0.3 is 0 Å². The molecule has 3 rings (SSSR count). The number of aromatic amines is 1. The Morgan fingerprint density at radius 2 is 2.05 bits per heavy atom. The molecule has 0 saturated heterocycles. The van der Waals surface area contributed by atoms with Crippen LogP contribution >= 0.6 is 15.9 Å². The molecule has 0 unspecified atom stereocenters. The Balaban J connectivity index is 1.91. The van der Waals surface area contributed by atoms with E-state index in [1.165, 1.54) is 6.33 Å². The van der Waals surface area contributed by atoms with Crippen molar-refractivity contribution >= 4 is 27.4 Å². The zero-order chi connectivity index (χ0) is 13.2. The SMILES string of the molecule is O=c1[nH]cnc(Nc2ccc3c(c2)OCCO3)c1Br. The van der Waals surface area contributed by atoms with E-state index in [4.69, 9.17) is 9.47 Å². The van der Waals surface area contributed by atoms with Gasteiger partial charge in [-0.3, -0.25) is 4.79 Å². The maximum Gasteiger partial charge on any atom is 0.267 e. The molecule has 98 valence electrons. The lowest BCUT2D eigenvalue weighted by atomic mass is 10.2. The molecule has 1 aliphatic rings. The maximum atomic E-state index is 11.4. The van der Waals surface area contributed by atoms with Crippen molar-refractivity contribution in [1.82, 2.24) is 9.97 Å². The van der Waals surface area contributed by atoms with E-state index in [9.17, 15) is 4.79 Å². The van der Waals surface area contributed by atoms with Crippen LogP contribution in [0.15, 0.2) is 33.8 Å². The molecule has 0 atom stereocenters. The van der Waals surface area contributed by atoms with Gasteiger partial charge in [0.15, 0.2) is 17.3 Å². The third kappa shape index (κ3) is 2.41. The van der Waals surface area contributed by atoms with Crippen LogP contribution < -0.4 is 20.3 Å². The fraction of sp³-hybridized carbons (Fsp3) is 0.167. The zero-order valence-electron chi connectivity index (χ0n) is 9.77. The Hall–Kier alpha value is -2.02. The van der Waals surface area contributed by atoms with E-state index in [1.807, 2.05) is 18.2 Å². The number of hydrogen-bond donors (Lipinski definition) is 2. The number of aromatic nitrogens is 2. The molecule has 2 N–H and O–H groups in total. The van der Waals surface area contributed by atoms with Gasteiger partial charge in [0.25, 0.3) is 5.56 Å². The van der Waals surface area contributed by atoms with Crippen molar-refractivity contribution in [1.29, 1.82) is 0 Å². The third-order valence-electron chi connectivity index (χ3n) is 2.60. The van der Waals surface area contributed by atoms with Gasteiger partial charge in [-0.1, -0.05) is 0 Å². The number of ether oxygens (including phenoxy) is 2. The average Bonchev–Trinajstić information content (AvgIpc) is 2.44. The van der Waals surface area contributed by atoms with Crippen LogP contribution in [0.25, 0.3) is 0 Å². The van der Waals surface area contributed by atoms with Gasteiger partial charge < -0.3 is 19.8 Å². The van der Waals surface area contributed by atoms with Gasteiger partial charge in [0.2, 0.25) is 0 Å². The number of rotatable bonds is 2. The van der Waals surface area contributed by atoms with E-state index in [0.29, 0.717) is 29.3 Å². The minimum Gasteiger partial charge on any atom is -0.486 e. The van der Waals surface area contributed by atoms with Crippen molar-refractivity contribution in [3.05, 3.63) is 39.4 Å². The molecule has 7 heteroatoms. The van der Waals surface area contributed by atoms with Gasteiger partial charge in [0, 0.05) is 11.8 Å². The second-order valence-corrected chi connectivity index (χ2v) is 4.67. The molecule has 19 heavy (non-hydrogen) atoms. The molecule has 2 aromatic rings. The van der Waals surface area contributed by atoms with Crippen molar-refractivity contribution in [2.24, 2.45) is 0 Å². The van der Waals surface area contributed by atoms with Crippen molar-refractivity contribution in [3.8, 4) is 11.5 Å². The van der Waals surface area contributed by atoms with Crippen molar-refractivity contribution in [2.45, 2.75) is 0 Å². The van der Waals surface area contributed by atoms with Gasteiger partial charge in [-0.2, -0.15) is 0 Å². The largest absolute Gasteiger partial charge is 0.486 e. The van der Waals surface area contributed by atoms with Gasteiger partial charge in [-0.15, -0.1) is 0 Å². The number of anilines is 2. The highest BCUT2D eigenvalue weighted by Crippen LogP contribution is 2.33. The Morgan fingerprint density at radius 3 is 2.89 bits per heavy atom. The Morgan fingerprint density at radius 1 is 1.26 bits per heavy atom. The first-order valence-electron chi connectivity index (χ1n) is 5.64. The van der Waals surface area contributed by atoms with E-state index in [2.05, 4.69) is 31.2 Å². The summed E-state index contributed by atoms with van der Waals surface area (Å²) in [5.74, 6) is 1.84. The smallest absolute Gasteiger partial charge is 0.267 e. The molecule has 0 saturated carbocycles. The topological polar surface area (TPSA) is 76.2 Å². The summed E-state index contributed by atoms with van der Waals surface area (Å²) < 4.78 is 11.3. The number of hydrogen-bond acceptors (Lipinski definition) is 5. The lowest BCUT2D eigenvalue weighted by molar-refractivity contribution is 0.171. The summed E-state index contributed by atoms with van der Waals surface area (Å²) in [6.07, 6.45) is 1.34. The minimum atomic E-state index is -0.241. The molecule has 0 radical (unpaired) electrons. The Labute approximate surface area is 116 Å². The maximum absolute atomic E-state index is 11.4. The molecule has 1 aliphatic heterocycles. The van der Waals surface area contributed by atoms with Crippen molar-refractivity contribution in [2.75, 3.05) is 18.5 Å². The van der Waals surface area contributed by atoms with Crippen LogP contribution in [0, 0.1) is 0 Å². The number of fused-ring (bicyclic) bond motifs is 1. The molecule has 0 spiro atoms. The lowest BCUT2D eigenvalue weighted by Crippen LogP contribution is -2.15. The fourth-order valence-electron chi connectivity index (χ4n) is 1.73. The van der Waals surface area contributed by atoms with Crippen LogP contribution in [-0.4, -0.2) is 23.2 Å². The number of nitrogens with one attached hydrogen (secondary N) is 2. The zero-order valence-corrected chi connectivity index (χ0v) is 11.4. The molecular weight excluding hydrogens is 314 g/mol. The first-order valence-corrected chi connectivity index (χ1v) is 6.43. The summed E-state index contributed by atoms with van der Waals surface area (Å²) in [4.78, 5) is 18.0. The molecular formula is C12H10BrN3O3. The van der Waals surface area contributed by atoms with E-state index in [1.54, 1.807) is 0 Å². The summed E-state index contributed by atoms with van der Waals surface area (Å²) in [5.41, 5.74) is 0.526. The number of benzene rings is 1. The lowest BCUT2D eigenvalue weighted by Gasteiger charge is -2.19. The van der Waals surface area contributed by atoms with Crippen LogP contribution in [0.1, 0.15) is 0 Å². The van der Waals surface area contributed by atoms with Crippen LogP contribution in [-0.2, 0) is 0 Å². The average molecular weight is 324 g/mol. The highest BCUT2D eigenvalue weighted by atomic mass is 79.9. The minimum absolute atomic E-state index is 0.241. The van der Waals surface area contributed by atoms with Gasteiger partial charge in [-0.05, 0) is 28.1 Å². The Kier molecular flexibility index (Phi) is 3.12. The standard InChI is InChI=1S/C12H10BrN3O3/c13-10-11(14-6-15-12(10)17)16-7-1-2-8-9(5-7)19-4-3-18-8/h1-2,5-6H,3-4H2,(H2,14,15,16,17). The second kappa shape index (κ2) is 4.93. The van der Waals surface area contributed by atoms with Gasteiger partial charge in [0.1, 0.15) is 17.7 Å².